The monoisotopic (exact) mass is 271 g/mol. The fourth-order valence-corrected chi connectivity index (χ4v) is 1.62. The van der Waals surface area contributed by atoms with Crippen molar-refractivity contribution < 1.29 is 14.6 Å². The summed E-state index contributed by atoms with van der Waals surface area (Å²) in [5, 5.41) is 9.46. The number of ether oxygens (including phenoxy) is 1. The van der Waals surface area contributed by atoms with Crippen molar-refractivity contribution in [3.63, 3.8) is 0 Å². The fraction of sp³-hybridized carbons (Fsp3) is 0.143. The first-order valence-electron chi connectivity index (χ1n) is 5.85. The lowest BCUT2D eigenvalue weighted by molar-refractivity contribution is -0.135. The van der Waals surface area contributed by atoms with Gasteiger partial charge in [-0.25, -0.2) is 4.79 Å². The molecule has 0 saturated carbocycles. The number of aromatic nitrogens is 2. The molecule has 0 unspecified atom stereocenters. The number of methoxy groups -OCH3 is 1. The molecule has 102 valence electrons. The van der Waals surface area contributed by atoms with Gasteiger partial charge in [-0.1, -0.05) is 6.07 Å². The van der Waals surface area contributed by atoms with E-state index in [0.717, 1.165) is 0 Å². The average molecular weight is 271 g/mol. The summed E-state index contributed by atoms with van der Waals surface area (Å²) in [6.45, 7) is 1.39. The molecule has 1 aromatic carbocycles. The number of allylic oxidation sites excluding steroid dienone is 1. The van der Waals surface area contributed by atoms with E-state index in [1.165, 1.54) is 20.2 Å². The minimum Gasteiger partial charge on any atom is -0.512 e. The topological polar surface area (TPSA) is 84.7 Å². The molecule has 0 amide bonds. The molecule has 0 aliphatic carbocycles. The Hall–Kier alpha value is -2.76. The zero-order valence-electron chi connectivity index (χ0n) is 11.1. The van der Waals surface area contributed by atoms with Gasteiger partial charge in [-0.2, -0.15) is 0 Å². The van der Waals surface area contributed by atoms with Crippen molar-refractivity contribution in [1.82, 2.24) is 9.97 Å². The summed E-state index contributed by atoms with van der Waals surface area (Å²) in [5.41, 5.74) is 1.86. The van der Waals surface area contributed by atoms with Gasteiger partial charge in [0.15, 0.2) is 0 Å². The number of hydrogen-bond acceptors (Lipinski definition) is 6. The van der Waals surface area contributed by atoms with Crippen molar-refractivity contribution in [3.05, 3.63) is 41.9 Å². The number of carbonyl (C=O) groups is 1. The number of rotatable bonds is 3. The van der Waals surface area contributed by atoms with Gasteiger partial charge in [0.2, 0.25) is 0 Å². The third-order valence-electron chi connectivity index (χ3n) is 2.61. The van der Waals surface area contributed by atoms with E-state index in [9.17, 15) is 9.90 Å². The second-order valence-corrected chi connectivity index (χ2v) is 3.95. The minimum absolute atomic E-state index is 0.00612. The van der Waals surface area contributed by atoms with Gasteiger partial charge in [0.25, 0.3) is 0 Å². The third-order valence-corrected chi connectivity index (χ3v) is 2.61. The minimum atomic E-state index is -0.653. The van der Waals surface area contributed by atoms with Crippen LogP contribution in [0.15, 0.2) is 46.9 Å². The Balaban J connectivity index is 2.44. The Kier molecular flexibility index (Phi) is 4.05. The molecule has 2 rings (SSSR count). The van der Waals surface area contributed by atoms with E-state index >= 15 is 0 Å². The molecule has 0 bridgehead atoms. The van der Waals surface area contributed by atoms with Crippen LogP contribution in [0, 0.1) is 0 Å². The Bertz CT molecular complexity index is 698. The lowest BCUT2D eigenvalue weighted by Crippen LogP contribution is -2.08. The number of fused-ring (bicyclic) bond motifs is 1. The SMILES string of the molecule is COC(=O)/C(C=Nc1cccc2nccnc12)=C(/C)O. The molecule has 0 atom stereocenters. The maximum atomic E-state index is 11.5. The Morgan fingerprint density at radius 2 is 2.10 bits per heavy atom. The number of para-hydroxylation sites is 1. The molecule has 1 aromatic heterocycles. The van der Waals surface area contributed by atoms with E-state index in [1.807, 2.05) is 6.07 Å². The lowest BCUT2D eigenvalue weighted by atomic mass is 10.2. The highest BCUT2D eigenvalue weighted by Gasteiger charge is 2.11. The van der Waals surface area contributed by atoms with Crippen LogP contribution in [0.4, 0.5) is 5.69 Å². The van der Waals surface area contributed by atoms with E-state index in [1.54, 1.807) is 24.5 Å². The van der Waals surface area contributed by atoms with Crippen LogP contribution in [0.3, 0.4) is 0 Å². The molecule has 0 aliphatic heterocycles. The van der Waals surface area contributed by atoms with Crippen molar-refractivity contribution in [2.75, 3.05) is 7.11 Å². The van der Waals surface area contributed by atoms with Crippen LogP contribution < -0.4 is 0 Å². The van der Waals surface area contributed by atoms with E-state index in [2.05, 4.69) is 19.7 Å². The molecule has 0 fully saturated rings. The van der Waals surface area contributed by atoms with Crippen LogP contribution in [0.25, 0.3) is 11.0 Å². The summed E-state index contributed by atoms with van der Waals surface area (Å²) in [5.74, 6) is -0.813. The first kappa shape index (κ1) is 13.7. The van der Waals surface area contributed by atoms with Crippen molar-refractivity contribution >= 4 is 28.9 Å². The van der Waals surface area contributed by atoms with Crippen molar-refractivity contribution in [1.29, 1.82) is 0 Å². The molecule has 1 N–H and O–H groups in total. The molecular formula is C14H13N3O3. The summed E-state index contributed by atoms with van der Waals surface area (Å²) < 4.78 is 4.57. The highest BCUT2D eigenvalue weighted by atomic mass is 16.5. The predicted molar refractivity (Wildman–Crippen MR) is 75.0 cm³/mol. The Morgan fingerprint density at radius 1 is 1.35 bits per heavy atom. The fourth-order valence-electron chi connectivity index (χ4n) is 1.62. The molecule has 20 heavy (non-hydrogen) atoms. The van der Waals surface area contributed by atoms with Crippen LogP contribution in [-0.2, 0) is 9.53 Å². The number of esters is 1. The normalized spacial score (nSPS) is 12.5. The number of aliphatic imine (C=N–C) groups is 1. The molecular weight excluding hydrogens is 258 g/mol. The average Bonchev–Trinajstić information content (AvgIpc) is 2.47. The lowest BCUT2D eigenvalue weighted by Gasteiger charge is -2.02. The molecule has 6 heteroatoms. The van der Waals surface area contributed by atoms with Crippen LogP contribution in [0.2, 0.25) is 0 Å². The Morgan fingerprint density at radius 3 is 2.80 bits per heavy atom. The van der Waals surface area contributed by atoms with Gasteiger partial charge in [0, 0.05) is 18.6 Å². The molecule has 0 saturated heterocycles. The second kappa shape index (κ2) is 5.92. The quantitative estimate of drug-likeness (QED) is 0.401. The van der Waals surface area contributed by atoms with Crippen molar-refractivity contribution in [2.45, 2.75) is 6.92 Å². The number of hydrogen-bond donors (Lipinski definition) is 1. The summed E-state index contributed by atoms with van der Waals surface area (Å²) in [6, 6.07) is 5.35. The summed E-state index contributed by atoms with van der Waals surface area (Å²) in [7, 11) is 1.24. The number of benzene rings is 1. The zero-order chi connectivity index (χ0) is 14.5. The Labute approximate surface area is 115 Å². The summed E-state index contributed by atoms with van der Waals surface area (Å²) >= 11 is 0. The molecule has 0 spiro atoms. The third kappa shape index (κ3) is 2.80. The van der Waals surface area contributed by atoms with Gasteiger partial charge >= 0.3 is 5.97 Å². The molecule has 0 aliphatic rings. The number of aliphatic hydroxyl groups excluding tert-OH is 1. The van der Waals surface area contributed by atoms with Crippen LogP contribution in [0.5, 0.6) is 0 Å². The standard InChI is InChI=1S/C14H13N3O3/c1-9(18)10(14(19)20-2)8-17-12-5-3-4-11-13(12)16-7-6-15-11/h3-8,18H,1-2H3/b10-9-,17-8?. The van der Waals surface area contributed by atoms with Gasteiger partial charge in [-0.3, -0.25) is 15.0 Å². The summed E-state index contributed by atoms with van der Waals surface area (Å²) in [6.07, 6.45) is 4.41. The highest BCUT2D eigenvalue weighted by Crippen LogP contribution is 2.22. The maximum absolute atomic E-state index is 11.5. The van der Waals surface area contributed by atoms with Gasteiger partial charge < -0.3 is 9.84 Å². The molecule has 0 radical (unpaired) electrons. The second-order valence-electron chi connectivity index (χ2n) is 3.95. The molecule has 6 nitrogen and oxygen atoms in total. The van der Waals surface area contributed by atoms with Gasteiger partial charge in [0.1, 0.15) is 16.8 Å². The van der Waals surface area contributed by atoms with Crippen LogP contribution >= 0.6 is 0 Å². The van der Waals surface area contributed by atoms with Crippen LogP contribution in [0.1, 0.15) is 6.92 Å². The number of carbonyl (C=O) groups excluding carboxylic acids is 1. The van der Waals surface area contributed by atoms with E-state index in [4.69, 9.17) is 0 Å². The van der Waals surface area contributed by atoms with E-state index in [0.29, 0.717) is 16.7 Å². The van der Waals surface area contributed by atoms with E-state index < -0.39 is 5.97 Å². The largest absolute Gasteiger partial charge is 0.512 e. The maximum Gasteiger partial charge on any atom is 0.342 e. The number of nitrogens with zero attached hydrogens (tertiary/aromatic N) is 3. The summed E-state index contributed by atoms with van der Waals surface area (Å²) in [4.78, 5) is 24.0. The van der Waals surface area contributed by atoms with Gasteiger partial charge in [-0.15, -0.1) is 0 Å². The smallest absolute Gasteiger partial charge is 0.342 e. The van der Waals surface area contributed by atoms with Gasteiger partial charge in [0.05, 0.1) is 18.3 Å². The first-order chi connectivity index (χ1) is 9.63. The van der Waals surface area contributed by atoms with Crippen LogP contribution in [-0.4, -0.2) is 34.4 Å². The van der Waals surface area contributed by atoms with E-state index in [-0.39, 0.29) is 11.3 Å². The molecule has 1 heterocycles. The zero-order valence-corrected chi connectivity index (χ0v) is 11.1. The highest BCUT2D eigenvalue weighted by molar-refractivity contribution is 6.10. The first-order valence-corrected chi connectivity index (χ1v) is 5.85. The molecule has 2 aromatic rings. The van der Waals surface area contributed by atoms with Gasteiger partial charge in [-0.05, 0) is 19.1 Å². The van der Waals surface area contributed by atoms with Crippen molar-refractivity contribution in [2.24, 2.45) is 4.99 Å². The van der Waals surface area contributed by atoms with Crippen molar-refractivity contribution in [3.8, 4) is 0 Å². The number of aliphatic hydroxyl groups is 1. The predicted octanol–water partition coefficient (Wildman–Crippen LogP) is 2.34.